The minimum Gasteiger partial charge on any atom is -0.340 e. The van der Waals surface area contributed by atoms with Crippen LogP contribution >= 0.6 is 0 Å². The normalized spacial score (nSPS) is 17.2. The summed E-state index contributed by atoms with van der Waals surface area (Å²) in [7, 11) is 0. The molecule has 0 unspecified atom stereocenters. The van der Waals surface area contributed by atoms with E-state index in [1.807, 2.05) is 23.1 Å². The lowest BCUT2D eigenvalue weighted by Crippen LogP contribution is -2.44. The number of nitrogens with one attached hydrogen (secondary N) is 1. The van der Waals surface area contributed by atoms with Crippen LogP contribution in [-0.4, -0.2) is 37.9 Å². The first-order valence-electron chi connectivity index (χ1n) is 9.12. The first kappa shape index (κ1) is 18.1. The van der Waals surface area contributed by atoms with Gasteiger partial charge in [0, 0.05) is 49.7 Å². The fourth-order valence-corrected chi connectivity index (χ4v) is 3.47. The Balaban J connectivity index is 1.58. The third-order valence-corrected chi connectivity index (χ3v) is 4.87. The van der Waals surface area contributed by atoms with Crippen LogP contribution in [-0.2, 0) is 17.8 Å². The average Bonchev–Trinajstić information content (AvgIpc) is 2.66. The van der Waals surface area contributed by atoms with Crippen molar-refractivity contribution in [2.24, 2.45) is 0 Å². The molecule has 0 spiro atoms. The van der Waals surface area contributed by atoms with Crippen molar-refractivity contribution in [1.82, 2.24) is 19.4 Å². The summed E-state index contributed by atoms with van der Waals surface area (Å²) in [6, 6.07) is 7.41. The minimum absolute atomic E-state index is 0.0637. The van der Waals surface area contributed by atoms with E-state index in [0.29, 0.717) is 0 Å². The van der Waals surface area contributed by atoms with Crippen LogP contribution in [0.3, 0.4) is 0 Å². The minimum atomic E-state index is -0.476. The van der Waals surface area contributed by atoms with Crippen LogP contribution in [0.1, 0.15) is 37.8 Å². The molecule has 1 aliphatic heterocycles. The van der Waals surface area contributed by atoms with Gasteiger partial charge in [0.25, 0.3) is 5.56 Å². The van der Waals surface area contributed by atoms with Gasteiger partial charge < -0.3 is 9.47 Å². The second-order valence-electron chi connectivity index (χ2n) is 6.65. The molecule has 1 N–H and O–H groups in total. The molecule has 1 saturated heterocycles. The third kappa shape index (κ3) is 4.68. The molecule has 138 valence electrons. The number of nitrogens with zero attached hydrogens (tertiary/aromatic N) is 3. The van der Waals surface area contributed by atoms with E-state index in [1.165, 1.54) is 16.8 Å². The van der Waals surface area contributed by atoms with Crippen molar-refractivity contribution in [2.45, 2.75) is 51.1 Å². The molecular formula is C19H24N4O3. The molecule has 2 aromatic heterocycles. The number of hydrogen-bond donors (Lipinski definition) is 1. The van der Waals surface area contributed by atoms with Gasteiger partial charge in [-0.25, -0.2) is 4.79 Å². The summed E-state index contributed by atoms with van der Waals surface area (Å²) in [4.78, 5) is 44.1. The molecule has 3 rings (SSSR count). The second-order valence-corrected chi connectivity index (χ2v) is 6.65. The monoisotopic (exact) mass is 356 g/mol. The van der Waals surface area contributed by atoms with Crippen LogP contribution < -0.4 is 11.2 Å². The third-order valence-electron chi connectivity index (χ3n) is 4.87. The molecule has 1 amide bonds. The molecule has 0 aromatic carbocycles. The second kappa shape index (κ2) is 8.60. The summed E-state index contributed by atoms with van der Waals surface area (Å²) >= 11 is 0. The van der Waals surface area contributed by atoms with Crippen LogP contribution in [0, 0.1) is 0 Å². The SMILES string of the molecule is O=C(CCn1ccc(=O)[nH]c1=O)N1CCCC[C@H]1CCc1ccccn1. The maximum atomic E-state index is 12.7. The highest BCUT2D eigenvalue weighted by Crippen LogP contribution is 2.22. The van der Waals surface area contributed by atoms with Gasteiger partial charge in [-0.05, 0) is 44.2 Å². The largest absolute Gasteiger partial charge is 0.340 e. The first-order chi connectivity index (χ1) is 12.6. The smallest absolute Gasteiger partial charge is 0.328 e. The quantitative estimate of drug-likeness (QED) is 0.846. The van der Waals surface area contributed by atoms with Crippen LogP contribution in [0.5, 0.6) is 0 Å². The van der Waals surface area contributed by atoms with Crippen molar-refractivity contribution in [3.05, 3.63) is 63.2 Å². The van der Waals surface area contributed by atoms with E-state index in [-0.39, 0.29) is 24.9 Å². The molecule has 7 nitrogen and oxygen atoms in total. The van der Waals surface area contributed by atoms with Gasteiger partial charge in [0.2, 0.25) is 5.91 Å². The highest BCUT2D eigenvalue weighted by atomic mass is 16.2. The Morgan fingerprint density at radius 3 is 2.88 bits per heavy atom. The van der Waals surface area contributed by atoms with E-state index in [9.17, 15) is 14.4 Å². The number of carbonyl (C=O) groups is 1. The molecule has 26 heavy (non-hydrogen) atoms. The lowest BCUT2D eigenvalue weighted by Gasteiger charge is -2.36. The van der Waals surface area contributed by atoms with Crippen LogP contribution in [0.4, 0.5) is 0 Å². The highest BCUT2D eigenvalue weighted by Gasteiger charge is 2.26. The van der Waals surface area contributed by atoms with Crippen molar-refractivity contribution >= 4 is 5.91 Å². The summed E-state index contributed by atoms with van der Waals surface area (Å²) in [6.07, 6.45) is 8.41. The zero-order valence-corrected chi connectivity index (χ0v) is 14.8. The summed E-state index contributed by atoms with van der Waals surface area (Å²) in [6.45, 7) is 1.05. The number of carbonyl (C=O) groups excluding carboxylic acids is 1. The lowest BCUT2D eigenvalue weighted by molar-refractivity contribution is -0.135. The molecular weight excluding hydrogens is 332 g/mol. The molecule has 0 aliphatic carbocycles. The van der Waals surface area contributed by atoms with E-state index in [0.717, 1.165) is 44.3 Å². The number of piperidine rings is 1. The number of likely N-dealkylation sites (tertiary alicyclic amines) is 1. The van der Waals surface area contributed by atoms with Crippen molar-refractivity contribution < 1.29 is 4.79 Å². The molecule has 1 aliphatic rings. The fourth-order valence-electron chi connectivity index (χ4n) is 3.47. The van der Waals surface area contributed by atoms with Crippen molar-refractivity contribution in [2.75, 3.05) is 6.54 Å². The number of hydrogen-bond acceptors (Lipinski definition) is 4. The molecule has 2 aromatic rings. The highest BCUT2D eigenvalue weighted by molar-refractivity contribution is 5.76. The van der Waals surface area contributed by atoms with Crippen molar-refractivity contribution in [3.8, 4) is 0 Å². The number of amides is 1. The number of aromatic nitrogens is 3. The number of aromatic amines is 1. The Bertz CT molecular complexity index is 844. The fraction of sp³-hybridized carbons (Fsp3) is 0.474. The van der Waals surface area contributed by atoms with Gasteiger partial charge in [0.05, 0.1) is 0 Å². The molecule has 1 fully saturated rings. The lowest BCUT2D eigenvalue weighted by atomic mass is 9.96. The number of pyridine rings is 1. The van der Waals surface area contributed by atoms with Gasteiger partial charge in [-0.15, -0.1) is 0 Å². The molecule has 0 radical (unpaired) electrons. The number of rotatable bonds is 6. The first-order valence-corrected chi connectivity index (χ1v) is 9.12. The van der Waals surface area contributed by atoms with E-state index >= 15 is 0 Å². The van der Waals surface area contributed by atoms with Gasteiger partial charge in [0.15, 0.2) is 0 Å². The molecule has 0 saturated carbocycles. The van der Waals surface area contributed by atoms with Crippen LogP contribution in [0.15, 0.2) is 46.2 Å². The Hall–Kier alpha value is -2.70. The van der Waals surface area contributed by atoms with Gasteiger partial charge in [-0.1, -0.05) is 6.07 Å². The number of aryl methyl sites for hydroxylation is 2. The summed E-state index contributed by atoms with van der Waals surface area (Å²) in [5.41, 5.74) is 0.143. The maximum Gasteiger partial charge on any atom is 0.328 e. The van der Waals surface area contributed by atoms with E-state index in [1.54, 1.807) is 6.20 Å². The topological polar surface area (TPSA) is 88.1 Å². The number of H-pyrrole nitrogens is 1. The van der Waals surface area contributed by atoms with Crippen molar-refractivity contribution in [3.63, 3.8) is 0 Å². The summed E-state index contributed by atoms with van der Waals surface area (Å²) < 4.78 is 1.37. The van der Waals surface area contributed by atoms with E-state index in [4.69, 9.17) is 0 Å². The zero-order valence-electron chi connectivity index (χ0n) is 14.8. The van der Waals surface area contributed by atoms with Gasteiger partial charge in [0.1, 0.15) is 0 Å². The Morgan fingerprint density at radius 2 is 2.12 bits per heavy atom. The predicted molar refractivity (Wildman–Crippen MR) is 97.8 cm³/mol. The summed E-state index contributed by atoms with van der Waals surface area (Å²) in [5, 5.41) is 0. The van der Waals surface area contributed by atoms with E-state index in [2.05, 4.69) is 9.97 Å². The van der Waals surface area contributed by atoms with Crippen LogP contribution in [0.25, 0.3) is 0 Å². The predicted octanol–water partition coefficient (Wildman–Crippen LogP) is 1.34. The molecule has 1 atom stereocenters. The Morgan fingerprint density at radius 1 is 1.23 bits per heavy atom. The van der Waals surface area contributed by atoms with Crippen molar-refractivity contribution in [1.29, 1.82) is 0 Å². The van der Waals surface area contributed by atoms with E-state index < -0.39 is 11.2 Å². The maximum absolute atomic E-state index is 12.7. The molecule has 3 heterocycles. The summed E-state index contributed by atoms with van der Waals surface area (Å²) in [5.74, 6) is 0.0637. The zero-order chi connectivity index (χ0) is 18.4. The van der Waals surface area contributed by atoms with Gasteiger partial charge in [-0.3, -0.25) is 19.6 Å². The van der Waals surface area contributed by atoms with Crippen LogP contribution in [0.2, 0.25) is 0 Å². The van der Waals surface area contributed by atoms with Gasteiger partial charge >= 0.3 is 5.69 Å². The molecule has 0 bridgehead atoms. The Kier molecular flexibility index (Phi) is 5.99. The van der Waals surface area contributed by atoms with Gasteiger partial charge in [-0.2, -0.15) is 0 Å². The molecule has 7 heteroatoms. The average molecular weight is 356 g/mol. The standard InChI is InChI=1S/C19H24N4O3/c24-17-9-13-22(19(26)21-17)14-10-18(25)23-12-4-2-6-16(23)8-7-15-5-1-3-11-20-15/h1,3,5,9,11,13,16H,2,4,6-8,10,12,14H2,(H,21,24,26)/t16-/m0/s1. The Labute approximate surface area is 151 Å².